The van der Waals surface area contributed by atoms with Gasteiger partial charge in [-0.15, -0.1) is 0 Å². The first-order valence-corrected chi connectivity index (χ1v) is 8.30. The number of anilines is 2. The minimum absolute atomic E-state index is 0.277. The minimum atomic E-state index is -0.673. The van der Waals surface area contributed by atoms with Crippen LogP contribution in [0.3, 0.4) is 0 Å². The first-order chi connectivity index (χ1) is 11.6. The smallest absolute Gasteiger partial charge is 0.266 e. The van der Waals surface area contributed by atoms with Crippen molar-refractivity contribution >= 4 is 29.1 Å². The number of aromatic nitrogens is 2. The molecule has 1 aromatic carbocycles. The Hall–Kier alpha value is -2.34. The Morgan fingerprint density at radius 1 is 1.29 bits per heavy atom. The maximum atomic E-state index is 12.3. The summed E-state index contributed by atoms with van der Waals surface area (Å²) in [5.41, 5.74) is 0. The highest BCUT2D eigenvalue weighted by Crippen LogP contribution is 2.20. The SMILES string of the molecule is CC(Oc1cccc(Cl)c1)C(=O)Nc1cc(N2CCCC2)ncn1. The quantitative estimate of drug-likeness (QED) is 0.900. The van der Waals surface area contributed by atoms with Crippen LogP contribution in [0.1, 0.15) is 19.8 Å². The summed E-state index contributed by atoms with van der Waals surface area (Å²) < 4.78 is 5.61. The van der Waals surface area contributed by atoms with E-state index in [9.17, 15) is 4.79 Å². The van der Waals surface area contributed by atoms with E-state index in [-0.39, 0.29) is 5.91 Å². The van der Waals surface area contributed by atoms with Crippen LogP contribution in [0, 0.1) is 0 Å². The largest absolute Gasteiger partial charge is 0.481 e. The Morgan fingerprint density at radius 2 is 2.08 bits per heavy atom. The lowest BCUT2D eigenvalue weighted by Crippen LogP contribution is -2.30. The molecule has 0 aliphatic carbocycles. The number of halogens is 1. The molecule has 126 valence electrons. The number of amides is 1. The lowest BCUT2D eigenvalue weighted by atomic mass is 10.3. The monoisotopic (exact) mass is 346 g/mol. The van der Waals surface area contributed by atoms with Crippen molar-refractivity contribution < 1.29 is 9.53 Å². The van der Waals surface area contributed by atoms with Crippen molar-refractivity contribution in [1.82, 2.24) is 9.97 Å². The van der Waals surface area contributed by atoms with Crippen LogP contribution in [-0.4, -0.2) is 35.1 Å². The van der Waals surface area contributed by atoms with Crippen LogP contribution in [0.25, 0.3) is 0 Å². The van der Waals surface area contributed by atoms with Gasteiger partial charge < -0.3 is 15.0 Å². The van der Waals surface area contributed by atoms with Gasteiger partial charge in [0.1, 0.15) is 23.7 Å². The second-order valence-electron chi connectivity index (χ2n) is 5.66. The van der Waals surface area contributed by atoms with Crippen molar-refractivity contribution in [3.63, 3.8) is 0 Å². The third kappa shape index (κ3) is 4.14. The molecule has 2 heterocycles. The molecule has 6 nitrogen and oxygen atoms in total. The molecule has 24 heavy (non-hydrogen) atoms. The highest BCUT2D eigenvalue weighted by Gasteiger charge is 2.18. The van der Waals surface area contributed by atoms with Gasteiger partial charge in [0.15, 0.2) is 6.10 Å². The van der Waals surface area contributed by atoms with E-state index < -0.39 is 6.10 Å². The summed E-state index contributed by atoms with van der Waals surface area (Å²) in [7, 11) is 0. The highest BCUT2D eigenvalue weighted by atomic mass is 35.5. The highest BCUT2D eigenvalue weighted by molar-refractivity contribution is 6.30. The van der Waals surface area contributed by atoms with Crippen LogP contribution in [-0.2, 0) is 4.79 Å². The number of nitrogens with zero attached hydrogens (tertiary/aromatic N) is 3. The third-order valence-electron chi connectivity index (χ3n) is 3.81. The van der Waals surface area contributed by atoms with E-state index in [0.717, 1.165) is 31.7 Å². The van der Waals surface area contributed by atoms with Gasteiger partial charge in [0.05, 0.1) is 0 Å². The fourth-order valence-corrected chi connectivity index (χ4v) is 2.74. The molecular weight excluding hydrogens is 328 g/mol. The molecule has 1 aliphatic rings. The molecule has 0 bridgehead atoms. The Labute approximate surface area is 145 Å². The summed E-state index contributed by atoms with van der Waals surface area (Å²) in [4.78, 5) is 22.9. The van der Waals surface area contributed by atoms with Crippen LogP contribution >= 0.6 is 11.6 Å². The van der Waals surface area contributed by atoms with Gasteiger partial charge in [-0.2, -0.15) is 0 Å². The molecule has 1 N–H and O–H groups in total. The molecule has 0 spiro atoms. The number of hydrogen-bond donors (Lipinski definition) is 1. The predicted octanol–water partition coefficient (Wildman–Crippen LogP) is 3.14. The molecule has 3 rings (SSSR count). The average molecular weight is 347 g/mol. The Morgan fingerprint density at radius 3 is 2.83 bits per heavy atom. The van der Waals surface area contributed by atoms with Gasteiger partial charge >= 0.3 is 0 Å². The lowest BCUT2D eigenvalue weighted by Gasteiger charge is -2.17. The molecule has 1 saturated heterocycles. The molecule has 1 fully saturated rings. The zero-order chi connectivity index (χ0) is 16.9. The Bertz CT molecular complexity index is 719. The topological polar surface area (TPSA) is 67.3 Å². The first kappa shape index (κ1) is 16.5. The van der Waals surface area contributed by atoms with Gasteiger partial charge in [0.2, 0.25) is 0 Å². The Kier molecular flexibility index (Phi) is 5.15. The maximum absolute atomic E-state index is 12.3. The number of rotatable bonds is 5. The molecular formula is C17H19ClN4O2. The molecule has 0 saturated carbocycles. The number of carbonyl (C=O) groups excluding carboxylic acids is 1. The minimum Gasteiger partial charge on any atom is -0.481 e. The van der Waals surface area contributed by atoms with Gasteiger partial charge in [-0.25, -0.2) is 9.97 Å². The summed E-state index contributed by atoms with van der Waals surface area (Å²) in [5, 5.41) is 3.33. The van der Waals surface area contributed by atoms with E-state index in [2.05, 4.69) is 20.2 Å². The van der Waals surface area contributed by atoms with Gasteiger partial charge in [-0.05, 0) is 38.0 Å². The van der Waals surface area contributed by atoms with Crippen LogP contribution < -0.4 is 15.0 Å². The standard InChI is InChI=1S/C17H19ClN4O2/c1-12(24-14-6-4-5-13(18)9-14)17(23)21-15-10-16(20-11-19-15)22-7-2-3-8-22/h4-6,9-12H,2-3,7-8H2,1H3,(H,19,20,21,23). The van der Waals surface area contributed by atoms with Crippen molar-refractivity contribution in [2.75, 3.05) is 23.3 Å². The Balaban J connectivity index is 1.62. The van der Waals surface area contributed by atoms with Crippen LogP contribution in [0.5, 0.6) is 5.75 Å². The van der Waals surface area contributed by atoms with E-state index >= 15 is 0 Å². The second kappa shape index (κ2) is 7.49. The fraction of sp³-hybridized carbons (Fsp3) is 0.353. The average Bonchev–Trinajstić information content (AvgIpc) is 3.09. The fourth-order valence-electron chi connectivity index (χ4n) is 2.56. The van der Waals surface area contributed by atoms with E-state index in [4.69, 9.17) is 16.3 Å². The molecule has 0 radical (unpaired) electrons. The van der Waals surface area contributed by atoms with E-state index in [0.29, 0.717) is 16.6 Å². The van der Waals surface area contributed by atoms with Crippen LogP contribution in [0.15, 0.2) is 36.7 Å². The molecule has 2 aromatic rings. The predicted molar refractivity (Wildman–Crippen MR) is 93.7 cm³/mol. The van der Waals surface area contributed by atoms with Gasteiger partial charge in [-0.3, -0.25) is 4.79 Å². The molecule has 1 amide bonds. The van der Waals surface area contributed by atoms with Crippen molar-refractivity contribution in [3.05, 3.63) is 41.7 Å². The zero-order valence-corrected chi connectivity index (χ0v) is 14.2. The second-order valence-corrected chi connectivity index (χ2v) is 6.10. The van der Waals surface area contributed by atoms with E-state index in [1.807, 2.05) is 0 Å². The summed E-state index contributed by atoms with van der Waals surface area (Å²) in [5.74, 6) is 1.58. The maximum Gasteiger partial charge on any atom is 0.266 e. The van der Waals surface area contributed by atoms with Gasteiger partial charge in [-0.1, -0.05) is 17.7 Å². The normalized spacial score (nSPS) is 15.2. The molecule has 1 aromatic heterocycles. The summed E-state index contributed by atoms with van der Waals surface area (Å²) in [6, 6.07) is 8.73. The number of ether oxygens (including phenoxy) is 1. The number of nitrogens with one attached hydrogen (secondary N) is 1. The van der Waals surface area contributed by atoms with Gasteiger partial charge in [0, 0.05) is 24.2 Å². The summed E-state index contributed by atoms with van der Waals surface area (Å²) in [6.07, 6.45) is 3.12. The van der Waals surface area contributed by atoms with Crippen LogP contribution in [0.2, 0.25) is 5.02 Å². The lowest BCUT2D eigenvalue weighted by molar-refractivity contribution is -0.122. The molecule has 1 aliphatic heterocycles. The number of carbonyl (C=O) groups is 1. The molecule has 7 heteroatoms. The van der Waals surface area contributed by atoms with Crippen molar-refractivity contribution in [3.8, 4) is 5.75 Å². The van der Waals surface area contributed by atoms with E-state index in [1.165, 1.54) is 6.33 Å². The zero-order valence-electron chi connectivity index (χ0n) is 13.4. The number of benzene rings is 1. The molecule has 1 unspecified atom stereocenters. The van der Waals surface area contributed by atoms with Crippen LogP contribution in [0.4, 0.5) is 11.6 Å². The summed E-state index contributed by atoms with van der Waals surface area (Å²) in [6.45, 7) is 3.65. The van der Waals surface area contributed by atoms with Gasteiger partial charge in [0.25, 0.3) is 5.91 Å². The number of hydrogen-bond acceptors (Lipinski definition) is 5. The van der Waals surface area contributed by atoms with Crippen molar-refractivity contribution in [2.45, 2.75) is 25.9 Å². The third-order valence-corrected chi connectivity index (χ3v) is 4.05. The molecule has 1 atom stereocenters. The van der Waals surface area contributed by atoms with Crippen molar-refractivity contribution in [1.29, 1.82) is 0 Å². The first-order valence-electron chi connectivity index (χ1n) is 7.92. The van der Waals surface area contributed by atoms with E-state index in [1.54, 1.807) is 37.3 Å². The summed E-state index contributed by atoms with van der Waals surface area (Å²) >= 11 is 5.92. The van der Waals surface area contributed by atoms with Crippen molar-refractivity contribution in [2.24, 2.45) is 0 Å².